The molecule has 1 atom stereocenters. The number of anilines is 8. The number of hydrogen-bond donors (Lipinski definition) is 8. The van der Waals surface area contributed by atoms with E-state index in [4.69, 9.17) is 18.9 Å². The van der Waals surface area contributed by atoms with Crippen molar-refractivity contribution in [3.05, 3.63) is 215 Å². The first-order valence-electron chi connectivity index (χ1n) is 34.3. The normalized spacial score (nSPS) is 11.4. The molecule has 4 aromatic carbocycles. The predicted molar refractivity (Wildman–Crippen MR) is 431 cm³/mol. The highest BCUT2D eigenvalue weighted by Gasteiger charge is 2.25. The molecule has 117 heavy (non-hydrogen) atoms. The predicted octanol–water partition coefficient (Wildman–Crippen LogP) is 9.43. The Morgan fingerprint density at radius 2 is 0.632 bits per heavy atom. The van der Waals surface area contributed by atoms with Gasteiger partial charge in [-0.2, -0.15) is 0 Å². The molecule has 0 saturated carbocycles. The van der Waals surface area contributed by atoms with Crippen LogP contribution in [0.5, 0.6) is 0 Å². The maximum absolute atomic E-state index is 13.4. The third-order valence-electron chi connectivity index (χ3n) is 15.3. The van der Waals surface area contributed by atoms with Crippen LogP contribution in [0.4, 0.5) is 69.6 Å². The lowest BCUT2D eigenvalue weighted by molar-refractivity contribution is 0.0928. The van der Waals surface area contributed by atoms with Gasteiger partial charge in [0.05, 0.1) is 95.3 Å². The molecule has 12 aromatic rings. The van der Waals surface area contributed by atoms with Crippen molar-refractivity contribution in [2.75, 3.05) is 71.9 Å². The van der Waals surface area contributed by atoms with Crippen LogP contribution in [0.1, 0.15) is 45.0 Å². The van der Waals surface area contributed by atoms with E-state index in [1.165, 1.54) is 73.8 Å². The summed E-state index contributed by atoms with van der Waals surface area (Å²) in [6.07, 6.45) is 5.62. The van der Waals surface area contributed by atoms with Crippen molar-refractivity contribution in [3.8, 4) is 45.6 Å². The highest BCUT2D eigenvalue weighted by Crippen LogP contribution is 2.30. The van der Waals surface area contributed by atoms with Crippen LogP contribution in [0.25, 0.3) is 45.6 Å². The van der Waals surface area contributed by atoms with Gasteiger partial charge in [0.2, 0.25) is 40.1 Å². The quantitative estimate of drug-likeness (QED) is 0.0247. The summed E-state index contributed by atoms with van der Waals surface area (Å²) in [6.45, 7) is 5.36. The lowest BCUT2D eigenvalue weighted by atomic mass is 10.1. The van der Waals surface area contributed by atoms with Crippen LogP contribution < -0.4 is 40.2 Å². The molecule has 4 amide bonds. The fraction of sp³-hybridized carbons (Fsp3) is 0.222. The molecule has 0 aliphatic rings. The van der Waals surface area contributed by atoms with Crippen LogP contribution in [0.2, 0.25) is 0 Å². The largest absolute Gasteiger partial charge is 0.444 e. The molecular weight excluding hydrogens is 1600 g/mol. The van der Waals surface area contributed by atoms with E-state index in [0.717, 1.165) is 58.4 Å². The minimum atomic E-state index is -3.44. The van der Waals surface area contributed by atoms with Gasteiger partial charge in [-0.15, -0.1) is 20.4 Å². The number of nitrogens with zero attached hydrogens (tertiary/aromatic N) is 16. The first-order valence-corrected chi connectivity index (χ1v) is 41.9. The van der Waals surface area contributed by atoms with Crippen LogP contribution in [-0.4, -0.2) is 170 Å². The van der Waals surface area contributed by atoms with E-state index in [2.05, 4.69) is 101 Å². The zero-order chi connectivity index (χ0) is 84.8. The summed E-state index contributed by atoms with van der Waals surface area (Å²) in [7, 11) is -7.24. The number of pyridine rings is 4. The highest BCUT2D eigenvalue weighted by molar-refractivity contribution is 7.92. The Labute approximate surface area is 670 Å². The van der Waals surface area contributed by atoms with Crippen molar-refractivity contribution in [1.82, 2.24) is 79.9 Å². The van der Waals surface area contributed by atoms with Crippen molar-refractivity contribution in [3.63, 3.8) is 0 Å². The van der Waals surface area contributed by atoms with Gasteiger partial charge in [-0.3, -0.25) is 60.1 Å². The fourth-order valence-corrected chi connectivity index (χ4v) is 12.5. The van der Waals surface area contributed by atoms with Gasteiger partial charge >= 0.3 is 24.4 Å². The summed E-state index contributed by atoms with van der Waals surface area (Å²) in [5.74, 6) is 1.09. The zero-order valence-electron chi connectivity index (χ0n) is 64.3. The van der Waals surface area contributed by atoms with E-state index >= 15 is 0 Å². The molecule has 0 saturated heterocycles. The minimum absolute atomic E-state index is 0.123. The number of aromatic nitrogens is 16. The third-order valence-corrected chi connectivity index (χ3v) is 17.8. The average molecular weight is 1680 g/mol. The minimum Gasteiger partial charge on any atom is -0.444 e. The number of carbonyl (C=O) groups excluding carboxylic acids is 4. The molecule has 8 N–H and O–H groups in total. The second-order valence-corrected chi connectivity index (χ2v) is 32.5. The molecule has 0 bridgehead atoms. The van der Waals surface area contributed by atoms with Crippen molar-refractivity contribution in [2.45, 2.75) is 46.7 Å². The molecule has 8 heterocycles. The lowest BCUT2D eigenvalue weighted by Crippen LogP contribution is -2.20. The van der Waals surface area contributed by atoms with Gasteiger partial charge in [0.1, 0.15) is 26.5 Å². The summed E-state index contributed by atoms with van der Waals surface area (Å²) in [5.41, 5.74) is 10.3. The molecule has 614 valence electrons. The number of benzene rings is 4. The number of sulfonamides is 4. The van der Waals surface area contributed by atoms with Gasteiger partial charge in [0, 0.05) is 28.2 Å². The van der Waals surface area contributed by atoms with Crippen molar-refractivity contribution < 1.29 is 76.2 Å². The van der Waals surface area contributed by atoms with Crippen LogP contribution in [0.15, 0.2) is 176 Å². The summed E-state index contributed by atoms with van der Waals surface area (Å²) in [5, 5.41) is 41.9. The molecule has 0 aliphatic heterocycles. The Hall–Kier alpha value is -14.0. The van der Waals surface area contributed by atoms with Crippen molar-refractivity contribution in [2.24, 2.45) is 28.2 Å². The molecule has 0 fully saturated rings. The van der Waals surface area contributed by atoms with E-state index in [1.807, 2.05) is 93.6 Å². The summed E-state index contributed by atoms with van der Waals surface area (Å²) in [6, 6.07) is 43.8. The first kappa shape index (κ1) is 87.0. The standard InChI is InChI=1S/C18H19FN6O4S.3C18H20N6O4S/c1-25-17(21-18(26)29-15(10-19)12-6-4-3-5-7-12)16(22-24-25)14-9-8-13(11-20-14)23-30(2,27)28;3*1-12-5-4-6-13(9-12)11-28-18(25)20-17-16(21-23-24(17)2)15-8-7-14(10-19-15)22-29(3,26)27/h3-9,11,15,23H,10H2,1-2H3,(H,21,26);3*4-10,22H,11H2,1-3H3,(H,20,25)/t15-;;;/m1.../s1. The van der Waals surface area contributed by atoms with E-state index in [9.17, 15) is 57.2 Å². The smallest absolute Gasteiger partial charge is 0.413 e. The number of amides is 4. The van der Waals surface area contributed by atoms with Gasteiger partial charge in [0.15, 0.2) is 52.2 Å². The number of halogens is 1. The Morgan fingerprint density at radius 3 is 0.863 bits per heavy atom. The third kappa shape index (κ3) is 27.4. The summed E-state index contributed by atoms with van der Waals surface area (Å²) in [4.78, 5) is 65.7. The highest BCUT2D eigenvalue weighted by atomic mass is 32.2. The molecule has 45 heteroatoms. The number of hydrogen-bond acceptors (Lipinski definition) is 28. The summed E-state index contributed by atoms with van der Waals surface area (Å²) < 4.78 is 139. The average Bonchev–Trinajstić information content (AvgIpc) is 1.71. The van der Waals surface area contributed by atoms with Gasteiger partial charge in [-0.05, 0) is 91.6 Å². The second-order valence-electron chi connectivity index (χ2n) is 25.5. The molecule has 0 unspecified atom stereocenters. The molecule has 40 nitrogen and oxygen atoms in total. The number of nitrogens with one attached hydrogen (secondary N) is 8. The Morgan fingerprint density at radius 1 is 0.368 bits per heavy atom. The zero-order valence-corrected chi connectivity index (χ0v) is 67.6. The second kappa shape index (κ2) is 39.2. The van der Waals surface area contributed by atoms with E-state index in [1.54, 1.807) is 76.7 Å². The summed E-state index contributed by atoms with van der Waals surface area (Å²) >= 11 is 0. The van der Waals surface area contributed by atoms with Crippen molar-refractivity contribution in [1.29, 1.82) is 0 Å². The Kier molecular flexibility index (Phi) is 29.2. The first-order chi connectivity index (χ1) is 55.4. The number of ether oxygens (including phenoxy) is 4. The molecule has 0 spiro atoms. The monoisotopic (exact) mass is 1680 g/mol. The molecular formula is C72H79FN24O16S4. The number of aryl methyl sites for hydroxylation is 7. The van der Waals surface area contributed by atoms with Crippen LogP contribution in [-0.2, 0) is 107 Å². The van der Waals surface area contributed by atoms with E-state index in [0.29, 0.717) is 79.9 Å². The maximum Gasteiger partial charge on any atom is 0.413 e. The van der Waals surface area contributed by atoms with E-state index in [-0.39, 0.29) is 37.0 Å². The van der Waals surface area contributed by atoms with Crippen LogP contribution >= 0.6 is 0 Å². The fourth-order valence-electron chi connectivity index (χ4n) is 10.3. The Balaban J connectivity index is 0.000000178. The van der Waals surface area contributed by atoms with Gasteiger partial charge in [-0.1, -0.05) is 141 Å². The molecule has 0 aliphatic carbocycles. The Bertz CT molecular complexity index is 5520. The number of carbonyl (C=O) groups is 4. The molecule has 8 aromatic heterocycles. The van der Waals surface area contributed by atoms with Crippen LogP contribution in [0.3, 0.4) is 0 Å². The van der Waals surface area contributed by atoms with Gasteiger partial charge in [-0.25, -0.2) is 76.0 Å². The molecule has 12 rings (SSSR count). The van der Waals surface area contributed by atoms with Gasteiger partial charge in [0.25, 0.3) is 0 Å². The topological polar surface area (TPSA) is 512 Å². The van der Waals surface area contributed by atoms with Crippen molar-refractivity contribution >= 4 is 110 Å². The SMILES string of the molecule is Cc1cccc(COC(=O)Nc2c(-c3ccc(NS(C)(=O)=O)cn3)nnn2C)c1.Cc1cccc(COC(=O)Nc2c(-c3ccc(NS(C)(=O)=O)cn3)nnn2C)c1.Cc1cccc(COC(=O)Nc2c(-c3ccc(NS(C)(=O)=O)cn3)nnn2C)c1.Cn1nnc(-c2ccc(NS(C)(=O)=O)cn2)c1NC(=O)O[C@H](CF)c1ccccc1. The number of alkyl halides is 1. The molecule has 0 radical (unpaired) electrons. The number of rotatable bonds is 25. The maximum atomic E-state index is 13.4. The van der Waals surface area contributed by atoms with Gasteiger partial charge < -0.3 is 18.9 Å². The van der Waals surface area contributed by atoms with E-state index < -0.39 is 77.2 Å². The lowest BCUT2D eigenvalue weighted by Gasteiger charge is -2.15. The van der Waals surface area contributed by atoms with Crippen LogP contribution in [0, 0.1) is 20.8 Å².